The van der Waals surface area contributed by atoms with Gasteiger partial charge in [0.15, 0.2) is 11.6 Å². The summed E-state index contributed by atoms with van der Waals surface area (Å²) in [4.78, 5) is 38.2. The maximum absolute atomic E-state index is 12.4. The first-order valence-corrected chi connectivity index (χ1v) is 8.39. The van der Waals surface area contributed by atoms with E-state index in [2.05, 4.69) is 10.6 Å². The third kappa shape index (κ3) is 5.26. The SMILES string of the molecule is CC(=O)Nc1ccccc1C1CC(=O)C(=CNCCN(C)C)C(=O)C1. The van der Waals surface area contributed by atoms with Crippen molar-refractivity contribution in [1.29, 1.82) is 0 Å². The molecule has 2 N–H and O–H groups in total. The van der Waals surface area contributed by atoms with Crippen LogP contribution in [0.15, 0.2) is 36.0 Å². The Balaban J connectivity index is 2.10. The lowest BCUT2D eigenvalue weighted by Crippen LogP contribution is -2.29. The van der Waals surface area contributed by atoms with E-state index in [0.717, 1.165) is 12.1 Å². The second kappa shape index (κ2) is 8.58. The molecule has 1 aliphatic rings. The lowest BCUT2D eigenvalue weighted by atomic mass is 9.79. The number of ketones is 2. The number of Topliss-reactive ketones (excluding diaryl/α,β-unsaturated/α-hetero) is 2. The van der Waals surface area contributed by atoms with Gasteiger partial charge in [0.1, 0.15) is 0 Å². The van der Waals surface area contributed by atoms with Crippen LogP contribution in [0.1, 0.15) is 31.2 Å². The van der Waals surface area contributed by atoms with E-state index in [1.165, 1.54) is 6.92 Å². The Morgan fingerprint density at radius 3 is 2.44 bits per heavy atom. The molecule has 134 valence electrons. The monoisotopic (exact) mass is 343 g/mol. The number of nitrogens with zero attached hydrogens (tertiary/aromatic N) is 1. The summed E-state index contributed by atoms with van der Waals surface area (Å²) in [6.07, 6.45) is 2.08. The third-order valence-corrected chi connectivity index (χ3v) is 4.13. The van der Waals surface area contributed by atoms with Crippen molar-refractivity contribution in [2.75, 3.05) is 32.5 Å². The maximum Gasteiger partial charge on any atom is 0.221 e. The molecule has 0 aliphatic heterocycles. The molecular weight excluding hydrogens is 318 g/mol. The molecule has 1 fully saturated rings. The number of hydrogen-bond donors (Lipinski definition) is 2. The lowest BCUT2D eigenvalue weighted by molar-refractivity contribution is -0.124. The molecule has 25 heavy (non-hydrogen) atoms. The van der Waals surface area contributed by atoms with Gasteiger partial charge in [-0.05, 0) is 25.7 Å². The Morgan fingerprint density at radius 1 is 1.20 bits per heavy atom. The van der Waals surface area contributed by atoms with Crippen molar-refractivity contribution in [3.05, 3.63) is 41.6 Å². The molecule has 1 amide bonds. The highest BCUT2D eigenvalue weighted by molar-refractivity contribution is 6.22. The minimum Gasteiger partial charge on any atom is -0.389 e. The molecule has 2 rings (SSSR count). The quantitative estimate of drug-likeness (QED) is 0.467. The molecule has 6 nitrogen and oxygen atoms in total. The van der Waals surface area contributed by atoms with E-state index in [0.29, 0.717) is 12.2 Å². The minimum absolute atomic E-state index is 0.156. The molecule has 0 bridgehead atoms. The van der Waals surface area contributed by atoms with Gasteiger partial charge in [0.05, 0.1) is 5.57 Å². The van der Waals surface area contributed by atoms with E-state index < -0.39 is 0 Å². The number of nitrogens with one attached hydrogen (secondary N) is 2. The van der Waals surface area contributed by atoms with Crippen LogP contribution in [0.2, 0.25) is 0 Å². The first-order valence-electron chi connectivity index (χ1n) is 8.39. The summed E-state index contributed by atoms with van der Waals surface area (Å²) in [6.45, 7) is 2.93. The van der Waals surface area contributed by atoms with E-state index in [1.807, 2.05) is 37.2 Å². The number of benzene rings is 1. The van der Waals surface area contributed by atoms with Gasteiger partial charge in [-0.25, -0.2) is 0 Å². The normalized spacial score (nSPS) is 17.6. The van der Waals surface area contributed by atoms with Crippen LogP contribution in [-0.2, 0) is 14.4 Å². The molecule has 0 spiro atoms. The van der Waals surface area contributed by atoms with Gasteiger partial charge in [-0.3, -0.25) is 14.4 Å². The zero-order valence-electron chi connectivity index (χ0n) is 15.0. The van der Waals surface area contributed by atoms with Crippen molar-refractivity contribution in [3.8, 4) is 0 Å². The number of hydrogen-bond acceptors (Lipinski definition) is 5. The van der Waals surface area contributed by atoms with E-state index >= 15 is 0 Å². The average molecular weight is 343 g/mol. The summed E-state index contributed by atoms with van der Waals surface area (Å²) in [6, 6.07) is 7.32. The van der Waals surface area contributed by atoms with Crippen molar-refractivity contribution >= 4 is 23.2 Å². The van der Waals surface area contributed by atoms with Crippen LogP contribution >= 0.6 is 0 Å². The first-order chi connectivity index (χ1) is 11.9. The molecule has 1 aromatic carbocycles. The highest BCUT2D eigenvalue weighted by Gasteiger charge is 2.32. The summed E-state index contributed by atoms with van der Waals surface area (Å²) in [5.74, 6) is -0.693. The van der Waals surface area contributed by atoms with Crippen LogP contribution in [0, 0.1) is 0 Å². The van der Waals surface area contributed by atoms with Crippen LogP contribution < -0.4 is 10.6 Å². The second-order valence-corrected chi connectivity index (χ2v) is 6.54. The Kier molecular flexibility index (Phi) is 6.47. The number of para-hydroxylation sites is 1. The van der Waals surface area contributed by atoms with Crippen molar-refractivity contribution in [2.45, 2.75) is 25.7 Å². The number of likely N-dealkylation sites (N-methyl/N-ethyl adjacent to an activating group) is 1. The fourth-order valence-electron chi connectivity index (χ4n) is 2.89. The molecule has 0 saturated heterocycles. The van der Waals surface area contributed by atoms with Crippen molar-refractivity contribution in [1.82, 2.24) is 10.2 Å². The number of allylic oxidation sites excluding steroid dienone is 1. The second-order valence-electron chi connectivity index (χ2n) is 6.54. The molecule has 1 aromatic rings. The van der Waals surface area contributed by atoms with Crippen molar-refractivity contribution in [2.24, 2.45) is 0 Å². The predicted molar refractivity (Wildman–Crippen MR) is 97.4 cm³/mol. The van der Waals surface area contributed by atoms with Crippen molar-refractivity contribution in [3.63, 3.8) is 0 Å². The first kappa shape index (κ1) is 18.9. The van der Waals surface area contributed by atoms with Crippen LogP contribution in [0.4, 0.5) is 5.69 Å². The smallest absolute Gasteiger partial charge is 0.221 e. The predicted octanol–water partition coefficient (Wildman–Crippen LogP) is 1.70. The molecule has 0 atom stereocenters. The van der Waals surface area contributed by atoms with Gasteiger partial charge in [-0.2, -0.15) is 0 Å². The van der Waals surface area contributed by atoms with Crippen LogP contribution in [0.5, 0.6) is 0 Å². The molecule has 1 aliphatic carbocycles. The Hall–Kier alpha value is -2.47. The van der Waals surface area contributed by atoms with Crippen LogP contribution in [-0.4, -0.2) is 49.6 Å². The summed E-state index contributed by atoms with van der Waals surface area (Å²) >= 11 is 0. The van der Waals surface area contributed by atoms with Gasteiger partial charge in [0.25, 0.3) is 0 Å². The van der Waals surface area contributed by atoms with E-state index in [4.69, 9.17) is 0 Å². The Morgan fingerprint density at radius 2 is 1.84 bits per heavy atom. The number of carbonyl (C=O) groups is 3. The third-order valence-electron chi connectivity index (χ3n) is 4.13. The molecule has 0 radical (unpaired) electrons. The minimum atomic E-state index is -0.207. The van der Waals surface area contributed by atoms with Gasteiger partial charge >= 0.3 is 0 Å². The highest BCUT2D eigenvalue weighted by atomic mass is 16.2. The Labute approximate surface area is 148 Å². The van der Waals surface area contributed by atoms with Gasteiger partial charge in [-0.1, -0.05) is 18.2 Å². The Bertz CT molecular complexity index is 675. The van der Waals surface area contributed by atoms with E-state index in [1.54, 1.807) is 12.3 Å². The summed E-state index contributed by atoms with van der Waals surface area (Å²) < 4.78 is 0. The van der Waals surface area contributed by atoms with Gasteiger partial charge in [-0.15, -0.1) is 0 Å². The highest BCUT2D eigenvalue weighted by Crippen LogP contribution is 2.35. The average Bonchev–Trinajstić information content (AvgIpc) is 2.53. The number of carbonyl (C=O) groups excluding carboxylic acids is 3. The zero-order valence-corrected chi connectivity index (χ0v) is 15.0. The molecule has 0 unspecified atom stereocenters. The molecule has 0 heterocycles. The fraction of sp³-hybridized carbons (Fsp3) is 0.421. The molecule has 6 heteroatoms. The van der Waals surface area contributed by atoms with E-state index in [-0.39, 0.29) is 41.8 Å². The van der Waals surface area contributed by atoms with Crippen LogP contribution in [0.3, 0.4) is 0 Å². The van der Waals surface area contributed by atoms with E-state index in [9.17, 15) is 14.4 Å². The summed E-state index contributed by atoms with van der Waals surface area (Å²) in [5.41, 5.74) is 1.74. The summed E-state index contributed by atoms with van der Waals surface area (Å²) in [5, 5.41) is 5.81. The standard InChI is InChI=1S/C19H25N3O3/c1-13(23)21-17-7-5-4-6-15(17)14-10-18(24)16(19(25)11-14)12-20-8-9-22(2)3/h4-7,12,14,20H,8-11H2,1-3H3,(H,21,23). The number of amides is 1. The van der Waals surface area contributed by atoms with Crippen LogP contribution in [0.25, 0.3) is 0 Å². The zero-order chi connectivity index (χ0) is 18.4. The van der Waals surface area contributed by atoms with Gasteiger partial charge in [0.2, 0.25) is 5.91 Å². The fourth-order valence-corrected chi connectivity index (χ4v) is 2.89. The molecular formula is C19H25N3O3. The van der Waals surface area contributed by atoms with Gasteiger partial charge < -0.3 is 15.5 Å². The topological polar surface area (TPSA) is 78.5 Å². The van der Waals surface area contributed by atoms with Crippen molar-refractivity contribution < 1.29 is 14.4 Å². The molecule has 1 saturated carbocycles. The number of rotatable bonds is 6. The summed E-state index contributed by atoms with van der Waals surface area (Å²) in [7, 11) is 3.92. The number of anilines is 1. The lowest BCUT2D eigenvalue weighted by Gasteiger charge is -2.24. The largest absolute Gasteiger partial charge is 0.389 e. The molecule has 0 aromatic heterocycles. The maximum atomic E-state index is 12.4. The van der Waals surface area contributed by atoms with Gasteiger partial charge in [0, 0.05) is 50.7 Å².